The van der Waals surface area contributed by atoms with Gasteiger partial charge in [-0.05, 0) is 32.6 Å². The van der Waals surface area contributed by atoms with Crippen LogP contribution in [-0.4, -0.2) is 25.3 Å². The van der Waals surface area contributed by atoms with Crippen molar-refractivity contribution in [1.82, 2.24) is 5.32 Å². The number of ether oxygens (including phenoxy) is 1. The molecule has 2 unspecified atom stereocenters. The molecule has 0 aromatic heterocycles. The third-order valence-electron chi connectivity index (χ3n) is 3.07. The summed E-state index contributed by atoms with van der Waals surface area (Å²) in [7, 11) is 0. The molecule has 2 nitrogen and oxygen atoms in total. The smallest absolute Gasteiger partial charge is 0.0594 e. The summed E-state index contributed by atoms with van der Waals surface area (Å²) in [4.78, 5) is 0. The van der Waals surface area contributed by atoms with Crippen LogP contribution in [0.15, 0.2) is 0 Å². The van der Waals surface area contributed by atoms with Gasteiger partial charge in [-0.25, -0.2) is 0 Å². The summed E-state index contributed by atoms with van der Waals surface area (Å²) in [5, 5.41) is 3.60. The molecule has 0 saturated heterocycles. The molecule has 0 aromatic carbocycles. The van der Waals surface area contributed by atoms with E-state index in [9.17, 15) is 0 Å². The summed E-state index contributed by atoms with van der Waals surface area (Å²) in [6.07, 6.45) is 5.92. The second-order valence-corrected chi connectivity index (χ2v) is 4.74. The highest BCUT2D eigenvalue weighted by Crippen LogP contribution is 2.23. The average molecular weight is 199 g/mol. The summed E-state index contributed by atoms with van der Waals surface area (Å²) in [6, 6.07) is 0.736. The van der Waals surface area contributed by atoms with E-state index in [0.29, 0.717) is 6.10 Å². The highest BCUT2D eigenvalue weighted by atomic mass is 16.5. The maximum Gasteiger partial charge on any atom is 0.0594 e. The molecule has 0 bridgehead atoms. The van der Waals surface area contributed by atoms with Gasteiger partial charge in [-0.1, -0.05) is 19.8 Å². The van der Waals surface area contributed by atoms with E-state index >= 15 is 0 Å². The van der Waals surface area contributed by atoms with Gasteiger partial charge < -0.3 is 10.1 Å². The third-order valence-corrected chi connectivity index (χ3v) is 3.07. The van der Waals surface area contributed by atoms with Crippen LogP contribution in [0.1, 0.15) is 46.5 Å². The van der Waals surface area contributed by atoms with Gasteiger partial charge in [0.1, 0.15) is 0 Å². The first-order valence-corrected chi connectivity index (χ1v) is 6.05. The molecule has 0 radical (unpaired) electrons. The molecule has 0 spiro atoms. The fourth-order valence-corrected chi connectivity index (χ4v) is 2.16. The van der Waals surface area contributed by atoms with Crippen LogP contribution >= 0.6 is 0 Å². The minimum atomic E-state index is 0.362. The zero-order chi connectivity index (χ0) is 10.4. The molecule has 2 heteroatoms. The Morgan fingerprint density at radius 2 is 2.00 bits per heavy atom. The molecule has 1 fully saturated rings. The van der Waals surface area contributed by atoms with Crippen LogP contribution in [-0.2, 0) is 4.74 Å². The van der Waals surface area contributed by atoms with Crippen molar-refractivity contribution >= 4 is 0 Å². The molecular formula is C12H25NO. The molecule has 1 saturated carbocycles. The third kappa shape index (κ3) is 4.43. The van der Waals surface area contributed by atoms with E-state index < -0.39 is 0 Å². The Labute approximate surface area is 88.4 Å². The van der Waals surface area contributed by atoms with Crippen molar-refractivity contribution in [3.05, 3.63) is 0 Å². The predicted octanol–water partition coefficient (Wildman–Crippen LogP) is 2.58. The van der Waals surface area contributed by atoms with Gasteiger partial charge in [0.15, 0.2) is 0 Å². The van der Waals surface area contributed by atoms with Crippen LogP contribution in [0.3, 0.4) is 0 Å². The predicted molar refractivity (Wildman–Crippen MR) is 60.5 cm³/mol. The molecule has 0 aliphatic heterocycles. The number of hydrogen-bond donors (Lipinski definition) is 1. The highest BCUT2D eigenvalue weighted by Gasteiger charge is 2.19. The minimum absolute atomic E-state index is 0.362. The van der Waals surface area contributed by atoms with E-state index in [1.165, 1.54) is 25.7 Å². The monoisotopic (exact) mass is 199 g/mol. The molecule has 1 aliphatic carbocycles. The lowest BCUT2D eigenvalue weighted by Gasteiger charge is -2.29. The van der Waals surface area contributed by atoms with Crippen molar-refractivity contribution in [3.8, 4) is 0 Å². The second-order valence-electron chi connectivity index (χ2n) is 4.74. The minimum Gasteiger partial charge on any atom is -0.377 e. The van der Waals surface area contributed by atoms with Crippen molar-refractivity contribution in [2.75, 3.05) is 13.2 Å². The van der Waals surface area contributed by atoms with Crippen molar-refractivity contribution in [3.63, 3.8) is 0 Å². The lowest BCUT2D eigenvalue weighted by atomic mass is 9.86. The Hall–Kier alpha value is -0.0800. The van der Waals surface area contributed by atoms with E-state index in [1.807, 2.05) is 0 Å². The van der Waals surface area contributed by atoms with E-state index in [2.05, 4.69) is 26.1 Å². The summed E-state index contributed by atoms with van der Waals surface area (Å²) in [5.74, 6) is 0.850. The quantitative estimate of drug-likeness (QED) is 0.687. The molecule has 0 amide bonds. The largest absolute Gasteiger partial charge is 0.377 e. The van der Waals surface area contributed by atoms with Gasteiger partial charge in [-0.3, -0.25) is 0 Å². The van der Waals surface area contributed by atoms with Gasteiger partial charge in [0.2, 0.25) is 0 Å². The van der Waals surface area contributed by atoms with Crippen molar-refractivity contribution in [2.45, 2.75) is 58.6 Å². The Kier molecular flexibility index (Phi) is 5.49. The van der Waals surface area contributed by atoms with E-state index in [0.717, 1.165) is 25.1 Å². The first-order valence-electron chi connectivity index (χ1n) is 6.05. The molecule has 1 aliphatic rings. The summed E-state index contributed by atoms with van der Waals surface area (Å²) in [5.41, 5.74) is 0. The number of hydrogen-bond acceptors (Lipinski definition) is 2. The molecule has 2 atom stereocenters. The fraction of sp³-hybridized carbons (Fsp3) is 1.00. The lowest BCUT2D eigenvalue weighted by molar-refractivity contribution is 0.0769. The zero-order valence-electron chi connectivity index (χ0n) is 9.88. The standard InChI is InChI=1S/C12H25NO/c1-10(2)14-9-8-13-12-7-5-4-6-11(12)3/h10-13H,4-9H2,1-3H3. The van der Waals surface area contributed by atoms with E-state index in [-0.39, 0.29) is 0 Å². The highest BCUT2D eigenvalue weighted by molar-refractivity contribution is 4.77. The second kappa shape index (κ2) is 6.41. The molecule has 0 aromatic rings. The first kappa shape index (κ1) is 12.0. The molecule has 1 N–H and O–H groups in total. The number of nitrogens with one attached hydrogen (secondary N) is 1. The lowest BCUT2D eigenvalue weighted by Crippen LogP contribution is -2.39. The molecular weight excluding hydrogens is 174 g/mol. The molecule has 14 heavy (non-hydrogen) atoms. The van der Waals surface area contributed by atoms with Crippen LogP contribution < -0.4 is 5.32 Å². The van der Waals surface area contributed by atoms with Gasteiger partial charge in [0.25, 0.3) is 0 Å². The number of rotatable bonds is 5. The summed E-state index contributed by atoms with van der Waals surface area (Å²) in [6.45, 7) is 8.39. The summed E-state index contributed by atoms with van der Waals surface area (Å²) >= 11 is 0. The SMILES string of the molecule is CC(C)OCCNC1CCCCC1C. The molecule has 84 valence electrons. The van der Waals surface area contributed by atoms with Crippen LogP contribution in [0, 0.1) is 5.92 Å². The fourth-order valence-electron chi connectivity index (χ4n) is 2.16. The Bertz CT molecular complexity index is 147. The van der Waals surface area contributed by atoms with Gasteiger partial charge >= 0.3 is 0 Å². The zero-order valence-corrected chi connectivity index (χ0v) is 9.88. The van der Waals surface area contributed by atoms with Crippen LogP contribution in [0.2, 0.25) is 0 Å². The van der Waals surface area contributed by atoms with Crippen molar-refractivity contribution in [2.24, 2.45) is 5.92 Å². The van der Waals surface area contributed by atoms with E-state index in [1.54, 1.807) is 0 Å². The topological polar surface area (TPSA) is 21.3 Å². The van der Waals surface area contributed by atoms with Gasteiger partial charge in [0, 0.05) is 12.6 Å². The average Bonchev–Trinajstić information content (AvgIpc) is 2.15. The Balaban J connectivity index is 2.04. The maximum atomic E-state index is 5.51. The van der Waals surface area contributed by atoms with Crippen LogP contribution in [0.25, 0.3) is 0 Å². The molecule has 0 heterocycles. The van der Waals surface area contributed by atoms with Gasteiger partial charge in [-0.2, -0.15) is 0 Å². The van der Waals surface area contributed by atoms with Gasteiger partial charge in [0.05, 0.1) is 12.7 Å². The first-order chi connectivity index (χ1) is 6.70. The molecule has 1 rings (SSSR count). The Morgan fingerprint density at radius 1 is 1.29 bits per heavy atom. The van der Waals surface area contributed by atoms with Crippen LogP contribution in [0.5, 0.6) is 0 Å². The Morgan fingerprint density at radius 3 is 2.64 bits per heavy atom. The normalized spacial score (nSPS) is 28.3. The van der Waals surface area contributed by atoms with Crippen LogP contribution in [0.4, 0.5) is 0 Å². The van der Waals surface area contributed by atoms with Crippen molar-refractivity contribution in [1.29, 1.82) is 0 Å². The van der Waals surface area contributed by atoms with E-state index in [4.69, 9.17) is 4.74 Å². The maximum absolute atomic E-state index is 5.51. The van der Waals surface area contributed by atoms with Crippen molar-refractivity contribution < 1.29 is 4.74 Å². The summed E-state index contributed by atoms with van der Waals surface area (Å²) < 4.78 is 5.51. The van der Waals surface area contributed by atoms with Gasteiger partial charge in [-0.15, -0.1) is 0 Å².